The molecule has 0 saturated heterocycles. The minimum atomic E-state index is -0.520. The summed E-state index contributed by atoms with van der Waals surface area (Å²) in [6.45, 7) is 7.10. The largest absolute Gasteiger partial charge is 0.351 e. The number of imidazole rings is 1. The highest BCUT2D eigenvalue weighted by Gasteiger charge is 2.27. The van der Waals surface area contributed by atoms with Crippen LogP contribution in [0.4, 0.5) is 0 Å². The van der Waals surface area contributed by atoms with E-state index >= 15 is 0 Å². The molecule has 3 N–H and O–H groups in total. The summed E-state index contributed by atoms with van der Waals surface area (Å²) in [5, 5.41) is 2.94. The molecule has 0 saturated carbocycles. The average molecular weight is 300 g/mol. The number of hydrogen-bond donors (Lipinski definition) is 2. The van der Waals surface area contributed by atoms with Gasteiger partial charge in [-0.2, -0.15) is 0 Å². The third-order valence-corrected chi connectivity index (χ3v) is 3.70. The van der Waals surface area contributed by atoms with Crippen LogP contribution in [0.5, 0.6) is 0 Å². The SMILES string of the molecule is CC(C)(C)[C@H](N)C(=O)NCc1ccccc1Cn1ccnc1. The maximum atomic E-state index is 12.1. The summed E-state index contributed by atoms with van der Waals surface area (Å²) < 4.78 is 2.00. The molecule has 2 rings (SSSR count). The van der Waals surface area contributed by atoms with Crippen molar-refractivity contribution in [1.29, 1.82) is 0 Å². The zero-order valence-electron chi connectivity index (χ0n) is 13.4. The molecule has 22 heavy (non-hydrogen) atoms. The maximum Gasteiger partial charge on any atom is 0.237 e. The van der Waals surface area contributed by atoms with Crippen LogP contribution in [0.25, 0.3) is 0 Å². The Bertz CT molecular complexity index is 614. The number of nitrogens with one attached hydrogen (secondary N) is 1. The maximum absolute atomic E-state index is 12.1. The number of carbonyl (C=O) groups is 1. The van der Waals surface area contributed by atoms with Gasteiger partial charge in [0.2, 0.25) is 5.91 Å². The van der Waals surface area contributed by atoms with E-state index in [1.54, 1.807) is 12.5 Å². The quantitative estimate of drug-likeness (QED) is 0.886. The highest BCUT2D eigenvalue weighted by molar-refractivity contribution is 5.82. The molecule has 0 spiro atoms. The number of aromatic nitrogens is 2. The predicted octanol–water partition coefficient (Wildman–Crippen LogP) is 1.92. The van der Waals surface area contributed by atoms with E-state index in [0.717, 1.165) is 17.7 Å². The van der Waals surface area contributed by atoms with E-state index in [1.165, 1.54) is 0 Å². The molecule has 0 aliphatic rings. The van der Waals surface area contributed by atoms with Crippen LogP contribution in [0.2, 0.25) is 0 Å². The van der Waals surface area contributed by atoms with Gasteiger partial charge in [-0.15, -0.1) is 0 Å². The van der Waals surface area contributed by atoms with Crippen LogP contribution in [-0.4, -0.2) is 21.5 Å². The molecule has 0 radical (unpaired) electrons. The van der Waals surface area contributed by atoms with Gasteiger partial charge >= 0.3 is 0 Å². The molecule has 0 bridgehead atoms. The summed E-state index contributed by atoms with van der Waals surface area (Å²) in [5.41, 5.74) is 7.98. The van der Waals surface area contributed by atoms with Crippen molar-refractivity contribution in [2.45, 2.75) is 39.9 Å². The summed E-state index contributed by atoms with van der Waals surface area (Å²) in [7, 11) is 0. The van der Waals surface area contributed by atoms with Crippen LogP contribution in [0, 0.1) is 5.41 Å². The van der Waals surface area contributed by atoms with Crippen molar-refractivity contribution in [2.24, 2.45) is 11.1 Å². The van der Waals surface area contributed by atoms with Gasteiger partial charge in [-0.05, 0) is 16.5 Å². The molecule has 1 aromatic heterocycles. The number of hydrogen-bond acceptors (Lipinski definition) is 3. The molecule has 5 heteroatoms. The molecular weight excluding hydrogens is 276 g/mol. The molecular formula is C17H24N4O. The molecule has 5 nitrogen and oxygen atoms in total. The van der Waals surface area contributed by atoms with Crippen LogP contribution in [0.3, 0.4) is 0 Å². The molecule has 1 atom stereocenters. The van der Waals surface area contributed by atoms with E-state index in [9.17, 15) is 4.79 Å². The third-order valence-electron chi connectivity index (χ3n) is 3.70. The summed E-state index contributed by atoms with van der Waals surface area (Å²) >= 11 is 0. The number of nitrogens with two attached hydrogens (primary N) is 1. The van der Waals surface area contributed by atoms with E-state index in [4.69, 9.17) is 5.73 Å². The molecule has 0 unspecified atom stereocenters. The Balaban J connectivity index is 2.03. The number of nitrogens with zero attached hydrogens (tertiary/aromatic N) is 2. The van der Waals surface area contributed by atoms with Crippen LogP contribution in [0.1, 0.15) is 31.9 Å². The highest BCUT2D eigenvalue weighted by Crippen LogP contribution is 2.17. The van der Waals surface area contributed by atoms with E-state index in [1.807, 2.05) is 49.7 Å². The second-order valence-corrected chi connectivity index (χ2v) is 6.57. The molecule has 1 amide bonds. The minimum Gasteiger partial charge on any atom is -0.351 e. The molecule has 0 aliphatic heterocycles. The predicted molar refractivity (Wildman–Crippen MR) is 87.0 cm³/mol. The number of carbonyl (C=O) groups excluding carboxylic acids is 1. The Morgan fingerprint density at radius 3 is 2.59 bits per heavy atom. The van der Waals surface area contributed by atoms with Crippen molar-refractivity contribution in [3.05, 3.63) is 54.1 Å². The first kappa shape index (κ1) is 16.2. The molecule has 0 fully saturated rings. The van der Waals surface area contributed by atoms with Gasteiger partial charge in [0.1, 0.15) is 0 Å². The zero-order valence-corrected chi connectivity index (χ0v) is 13.4. The standard InChI is InChI=1S/C17H24N4O/c1-17(2,3)15(18)16(22)20-10-13-6-4-5-7-14(13)11-21-9-8-19-12-21/h4-9,12,15H,10-11,18H2,1-3H3,(H,20,22)/t15-/m1/s1. The van der Waals surface area contributed by atoms with Gasteiger partial charge in [0.25, 0.3) is 0 Å². The van der Waals surface area contributed by atoms with Crippen LogP contribution < -0.4 is 11.1 Å². The number of amides is 1. The first-order chi connectivity index (χ1) is 10.4. The van der Waals surface area contributed by atoms with Gasteiger partial charge in [0, 0.05) is 25.5 Å². The topological polar surface area (TPSA) is 72.9 Å². The Labute approximate surface area is 131 Å². The summed E-state index contributed by atoms with van der Waals surface area (Å²) in [4.78, 5) is 16.2. The summed E-state index contributed by atoms with van der Waals surface area (Å²) in [5.74, 6) is -0.120. The lowest BCUT2D eigenvalue weighted by molar-refractivity contribution is -0.124. The second-order valence-electron chi connectivity index (χ2n) is 6.57. The molecule has 0 aliphatic carbocycles. The van der Waals surface area contributed by atoms with E-state index < -0.39 is 6.04 Å². The van der Waals surface area contributed by atoms with Crippen molar-refractivity contribution < 1.29 is 4.79 Å². The lowest BCUT2D eigenvalue weighted by atomic mass is 9.87. The highest BCUT2D eigenvalue weighted by atomic mass is 16.2. The summed E-state index contributed by atoms with van der Waals surface area (Å²) in [6.07, 6.45) is 5.46. The van der Waals surface area contributed by atoms with Crippen molar-refractivity contribution in [1.82, 2.24) is 14.9 Å². The van der Waals surface area contributed by atoms with Gasteiger partial charge in [-0.25, -0.2) is 4.98 Å². The van der Waals surface area contributed by atoms with E-state index in [0.29, 0.717) is 6.54 Å². The lowest BCUT2D eigenvalue weighted by Crippen LogP contribution is -2.48. The Morgan fingerprint density at radius 1 is 1.32 bits per heavy atom. The minimum absolute atomic E-state index is 0.120. The van der Waals surface area contributed by atoms with E-state index in [2.05, 4.69) is 16.4 Å². The summed E-state index contributed by atoms with van der Waals surface area (Å²) in [6, 6.07) is 7.54. The number of benzene rings is 1. The Kier molecular flexibility index (Phi) is 4.98. The molecule has 1 aromatic carbocycles. The molecule has 1 heterocycles. The first-order valence-electron chi connectivity index (χ1n) is 7.44. The van der Waals surface area contributed by atoms with Gasteiger partial charge in [0.05, 0.1) is 12.4 Å². The second kappa shape index (κ2) is 6.75. The van der Waals surface area contributed by atoms with Crippen molar-refractivity contribution in [3.8, 4) is 0 Å². The first-order valence-corrected chi connectivity index (χ1v) is 7.44. The number of rotatable bonds is 5. The van der Waals surface area contributed by atoms with Gasteiger partial charge in [0.15, 0.2) is 0 Å². The average Bonchev–Trinajstić information content (AvgIpc) is 2.97. The Hall–Kier alpha value is -2.14. The third kappa shape index (κ3) is 4.18. The van der Waals surface area contributed by atoms with Crippen LogP contribution in [0.15, 0.2) is 43.0 Å². The Morgan fingerprint density at radius 2 is 2.00 bits per heavy atom. The zero-order chi connectivity index (χ0) is 16.2. The van der Waals surface area contributed by atoms with Crippen LogP contribution >= 0.6 is 0 Å². The van der Waals surface area contributed by atoms with Crippen LogP contribution in [-0.2, 0) is 17.9 Å². The monoisotopic (exact) mass is 300 g/mol. The van der Waals surface area contributed by atoms with E-state index in [-0.39, 0.29) is 11.3 Å². The fourth-order valence-electron chi connectivity index (χ4n) is 2.15. The lowest BCUT2D eigenvalue weighted by Gasteiger charge is -2.26. The normalized spacial score (nSPS) is 12.9. The van der Waals surface area contributed by atoms with Gasteiger partial charge in [-0.3, -0.25) is 4.79 Å². The van der Waals surface area contributed by atoms with Crippen molar-refractivity contribution in [2.75, 3.05) is 0 Å². The van der Waals surface area contributed by atoms with Gasteiger partial charge < -0.3 is 15.6 Å². The molecule has 2 aromatic rings. The molecule has 118 valence electrons. The smallest absolute Gasteiger partial charge is 0.237 e. The van der Waals surface area contributed by atoms with Crippen molar-refractivity contribution in [3.63, 3.8) is 0 Å². The van der Waals surface area contributed by atoms with Crippen molar-refractivity contribution >= 4 is 5.91 Å². The van der Waals surface area contributed by atoms with Gasteiger partial charge in [-0.1, -0.05) is 45.0 Å². The fraction of sp³-hybridized carbons (Fsp3) is 0.412. The fourth-order valence-corrected chi connectivity index (χ4v) is 2.15.